The number of aryl methyl sites for hydroxylation is 1. The van der Waals surface area contributed by atoms with Crippen molar-refractivity contribution < 1.29 is 15.0 Å². The lowest BCUT2D eigenvalue weighted by Crippen LogP contribution is -2.34. The molecule has 19 heavy (non-hydrogen) atoms. The van der Waals surface area contributed by atoms with Gasteiger partial charge in [0.05, 0.1) is 11.4 Å². The van der Waals surface area contributed by atoms with Gasteiger partial charge in [-0.05, 0) is 19.1 Å². The van der Waals surface area contributed by atoms with Crippen LogP contribution in [0.15, 0.2) is 36.5 Å². The zero-order valence-electron chi connectivity index (χ0n) is 10.4. The fourth-order valence-electron chi connectivity index (χ4n) is 1.80. The molecule has 1 amide bonds. The summed E-state index contributed by atoms with van der Waals surface area (Å²) in [5.74, 6) is -0.973. The van der Waals surface area contributed by atoms with Crippen LogP contribution >= 0.6 is 0 Å². The van der Waals surface area contributed by atoms with Crippen molar-refractivity contribution in [1.82, 2.24) is 9.78 Å². The SMILES string of the molecule is Cc1nn(-c2ccccc2)cc1C(O)C(O)C(N)=O. The van der Waals surface area contributed by atoms with Gasteiger partial charge in [-0.1, -0.05) is 18.2 Å². The summed E-state index contributed by atoms with van der Waals surface area (Å²) in [5.41, 5.74) is 6.68. The number of primary amides is 1. The Hall–Kier alpha value is -2.18. The molecule has 100 valence electrons. The Balaban J connectivity index is 2.34. The van der Waals surface area contributed by atoms with E-state index in [9.17, 15) is 15.0 Å². The van der Waals surface area contributed by atoms with E-state index >= 15 is 0 Å². The van der Waals surface area contributed by atoms with Crippen molar-refractivity contribution in [2.75, 3.05) is 0 Å². The van der Waals surface area contributed by atoms with E-state index < -0.39 is 18.1 Å². The zero-order valence-corrected chi connectivity index (χ0v) is 10.4. The van der Waals surface area contributed by atoms with Crippen LogP contribution in [0, 0.1) is 6.92 Å². The van der Waals surface area contributed by atoms with Crippen molar-refractivity contribution in [2.45, 2.75) is 19.1 Å². The number of carbonyl (C=O) groups is 1. The van der Waals surface area contributed by atoms with Crippen LogP contribution in [0.2, 0.25) is 0 Å². The highest BCUT2D eigenvalue weighted by atomic mass is 16.3. The standard InChI is InChI=1S/C13H15N3O3/c1-8-10(11(17)12(18)13(14)19)7-16(15-8)9-5-3-2-4-6-9/h2-7,11-12,17-18H,1H3,(H2,14,19). The summed E-state index contributed by atoms with van der Waals surface area (Å²) in [4.78, 5) is 10.9. The Kier molecular flexibility index (Phi) is 3.64. The molecule has 1 heterocycles. The van der Waals surface area contributed by atoms with E-state index in [2.05, 4.69) is 5.10 Å². The molecule has 4 N–H and O–H groups in total. The maximum Gasteiger partial charge on any atom is 0.249 e. The number of aromatic nitrogens is 2. The van der Waals surface area contributed by atoms with E-state index in [0.29, 0.717) is 11.3 Å². The third-order valence-electron chi connectivity index (χ3n) is 2.87. The van der Waals surface area contributed by atoms with Crippen molar-refractivity contribution in [3.63, 3.8) is 0 Å². The average Bonchev–Trinajstić information content (AvgIpc) is 2.80. The first-order chi connectivity index (χ1) is 9.00. The first-order valence-corrected chi connectivity index (χ1v) is 5.77. The van der Waals surface area contributed by atoms with Gasteiger partial charge in [0, 0.05) is 11.8 Å². The monoisotopic (exact) mass is 261 g/mol. The first kappa shape index (κ1) is 13.3. The maximum absolute atomic E-state index is 10.9. The van der Waals surface area contributed by atoms with Gasteiger partial charge in [-0.2, -0.15) is 5.10 Å². The van der Waals surface area contributed by atoms with Crippen LogP contribution in [0.1, 0.15) is 17.4 Å². The number of nitrogens with zero attached hydrogens (tertiary/aromatic N) is 2. The van der Waals surface area contributed by atoms with E-state index in [-0.39, 0.29) is 0 Å². The molecule has 6 nitrogen and oxygen atoms in total. The van der Waals surface area contributed by atoms with Gasteiger partial charge in [0.25, 0.3) is 0 Å². The Morgan fingerprint density at radius 3 is 2.53 bits per heavy atom. The van der Waals surface area contributed by atoms with Gasteiger partial charge in [0.15, 0.2) is 6.10 Å². The molecule has 0 spiro atoms. The number of aliphatic hydroxyl groups is 2. The van der Waals surface area contributed by atoms with Crippen molar-refractivity contribution in [1.29, 1.82) is 0 Å². The second kappa shape index (κ2) is 5.21. The van der Waals surface area contributed by atoms with Crippen LogP contribution in [-0.2, 0) is 4.79 Å². The number of hydrogen-bond donors (Lipinski definition) is 3. The summed E-state index contributed by atoms with van der Waals surface area (Å²) in [6.07, 6.45) is -1.45. The van der Waals surface area contributed by atoms with Crippen molar-refractivity contribution in [3.8, 4) is 5.69 Å². The molecule has 2 unspecified atom stereocenters. The lowest BCUT2D eigenvalue weighted by Gasteiger charge is -2.13. The zero-order chi connectivity index (χ0) is 14.0. The minimum absolute atomic E-state index is 0.371. The molecule has 2 rings (SSSR count). The molecule has 0 aliphatic heterocycles. The van der Waals surface area contributed by atoms with Gasteiger partial charge in [-0.25, -0.2) is 4.68 Å². The number of hydrogen-bond acceptors (Lipinski definition) is 4. The smallest absolute Gasteiger partial charge is 0.249 e. The van der Waals surface area contributed by atoms with Crippen LogP contribution in [0.5, 0.6) is 0 Å². The second-order valence-electron chi connectivity index (χ2n) is 4.24. The van der Waals surface area contributed by atoms with E-state index in [1.807, 2.05) is 30.3 Å². The van der Waals surface area contributed by atoms with Crippen LogP contribution in [-0.4, -0.2) is 32.0 Å². The molecule has 6 heteroatoms. The quantitative estimate of drug-likeness (QED) is 0.724. The molecular weight excluding hydrogens is 246 g/mol. The molecule has 0 aliphatic rings. The molecule has 0 saturated heterocycles. The molecule has 2 aromatic rings. The molecule has 2 atom stereocenters. The summed E-state index contributed by atoms with van der Waals surface area (Å²) in [6, 6.07) is 9.31. The average molecular weight is 261 g/mol. The Morgan fingerprint density at radius 1 is 1.32 bits per heavy atom. The van der Waals surface area contributed by atoms with E-state index in [1.54, 1.807) is 17.8 Å². The lowest BCUT2D eigenvalue weighted by molar-refractivity contribution is -0.131. The normalized spacial score (nSPS) is 14.1. The highest BCUT2D eigenvalue weighted by molar-refractivity contribution is 5.79. The summed E-state index contributed by atoms with van der Waals surface area (Å²) in [5, 5.41) is 23.6. The Labute approximate surface area is 110 Å². The topological polar surface area (TPSA) is 101 Å². The number of aliphatic hydroxyl groups excluding tert-OH is 2. The molecule has 0 saturated carbocycles. The molecule has 0 bridgehead atoms. The Morgan fingerprint density at radius 2 is 1.95 bits per heavy atom. The van der Waals surface area contributed by atoms with Gasteiger partial charge in [-0.3, -0.25) is 4.79 Å². The molecule has 0 radical (unpaired) electrons. The van der Waals surface area contributed by atoms with Gasteiger partial charge in [0.2, 0.25) is 5.91 Å². The van der Waals surface area contributed by atoms with Crippen molar-refractivity contribution >= 4 is 5.91 Å². The summed E-state index contributed by atoms with van der Waals surface area (Å²) < 4.78 is 1.57. The van der Waals surface area contributed by atoms with E-state index in [1.165, 1.54) is 0 Å². The van der Waals surface area contributed by atoms with Crippen LogP contribution in [0.4, 0.5) is 0 Å². The van der Waals surface area contributed by atoms with Gasteiger partial charge >= 0.3 is 0 Å². The fourth-order valence-corrected chi connectivity index (χ4v) is 1.80. The summed E-state index contributed by atoms with van der Waals surface area (Å²) in [7, 11) is 0. The fraction of sp³-hybridized carbons (Fsp3) is 0.231. The summed E-state index contributed by atoms with van der Waals surface area (Å²) >= 11 is 0. The van der Waals surface area contributed by atoms with Gasteiger partial charge in [-0.15, -0.1) is 0 Å². The van der Waals surface area contributed by atoms with Crippen LogP contribution in [0.3, 0.4) is 0 Å². The number of para-hydroxylation sites is 1. The highest BCUT2D eigenvalue weighted by Crippen LogP contribution is 2.21. The number of carbonyl (C=O) groups excluding carboxylic acids is 1. The minimum Gasteiger partial charge on any atom is -0.385 e. The lowest BCUT2D eigenvalue weighted by atomic mass is 10.1. The van der Waals surface area contributed by atoms with Gasteiger partial charge < -0.3 is 15.9 Å². The third-order valence-corrected chi connectivity index (χ3v) is 2.87. The summed E-state index contributed by atoms with van der Waals surface area (Å²) in [6.45, 7) is 1.69. The minimum atomic E-state index is -1.65. The second-order valence-corrected chi connectivity index (χ2v) is 4.24. The Bertz CT molecular complexity index is 580. The predicted octanol–water partition coefficient (Wildman–Crippen LogP) is 0.0603. The first-order valence-electron chi connectivity index (χ1n) is 5.77. The largest absolute Gasteiger partial charge is 0.385 e. The van der Waals surface area contributed by atoms with Crippen LogP contribution < -0.4 is 5.73 Å². The van der Waals surface area contributed by atoms with Crippen molar-refractivity contribution in [3.05, 3.63) is 47.8 Å². The molecule has 0 fully saturated rings. The number of nitrogens with two attached hydrogens (primary N) is 1. The molecule has 1 aromatic heterocycles. The number of rotatable bonds is 4. The highest BCUT2D eigenvalue weighted by Gasteiger charge is 2.26. The number of benzene rings is 1. The van der Waals surface area contributed by atoms with Crippen molar-refractivity contribution in [2.24, 2.45) is 5.73 Å². The molecule has 0 aliphatic carbocycles. The predicted molar refractivity (Wildman–Crippen MR) is 68.5 cm³/mol. The maximum atomic E-state index is 10.9. The third kappa shape index (κ3) is 2.64. The number of amides is 1. The van der Waals surface area contributed by atoms with E-state index in [4.69, 9.17) is 5.73 Å². The molecular formula is C13H15N3O3. The van der Waals surface area contributed by atoms with Crippen LogP contribution in [0.25, 0.3) is 5.69 Å². The van der Waals surface area contributed by atoms with Gasteiger partial charge in [0.1, 0.15) is 6.10 Å². The van der Waals surface area contributed by atoms with E-state index in [0.717, 1.165) is 5.69 Å². The molecule has 1 aromatic carbocycles.